The van der Waals surface area contributed by atoms with E-state index in [1.807, 2.05) is 6.92 Å². The predicted molar refractivity (Wildman–Crippen MR) is 76.5 cm³/mol. The van der Waals surface area contributed by atoms with Gasteiger partial charge in [0.15, 0.2) is 0 Å². The van der Waals surface area contributed by atoms with Gasteiger partial charge in [0.05, 0.1) is 18.5 Å². The summed E-state index contributed by atoms with van der Waals surface area (Å²) in [5, 5.41) is 2.58. The summed E-state index contributed by atoms with van der Waals surface area (Å²) in [6.45, 7) is 1.88. The van der Waals surface area contributed by atoms with Crippen molar-refractivity contribution < 1.29 is 13.9 Å². The monoisotopic (exact) mass is 274 g/mol. The first kappa shape index (κ1) is 13.9. The van der Waals surface area contributed by atoms with Crippen LogP contribution in [-0.2, 0) is 0 Å². The molecule has 4 nitrogen and oxygen atoms in total. The Morgan fingerprint density at radius 1 is 1.25 bits per heavy atom. The molecule has 0 saturated heterocycles. The Hall–Kier alpha value is -2.56. The Balaban J connectivity index is 2.26. The van der Waals surface area contributed by atoms with Gasteiger partial charge in [-0.1, -0.05) is 6.07 Å². The second-order valence-electron chi connectivity index (χ2n) is 4.37. The minimum absolute atomic E-state index is 0.245. The number of methoxy groups -OCH3 is 1. The summed E-state index contributed by atoms with van der Waals surface area (Å²) in [6, 6.07) is 8.89. The van der Waals surface area contributed by atoms with E-state index in [4.69, 9.17) is 10.5 Å². The van der Waals surface area contributed by atoms with E-state index < -0.39 is 5.82 Å². The van der Waals surface area contributed by atoms with Crippen LogP contribution in [0, 0.1) is 12.7 Å². The Bertz CT molecular complexity index is 656. The molecule has 0 radical (unpaired) electrons. The quantitative estimate of drug-likeness (QED) is 0.846. The molecule has 20 heavy (non-hydrogen) atoms. The molecule has 0 saturated carbocycles. The zero-order valence-electron chi connectivity index (χ0n) is 11.2. The smallest absolute Gasteiger partial charge is 0.255 e. The fraction of sp³-hybridized carbons (Fsp3) is 0.133. The van der Waals surface area contributed by atoms with E-state index in [1.165, 1.54) is 25.3 Å². The molecule has 0 aliphatic rings. The van der Waals surface area contributed by atoms with Gasteiger partial charge in [0.1, 0.15) is 11.6 Å². The minimum atomic E-state index is -0.462. The van der Waals surface area contributed by atoms with Crippen LogP contribution < -0.4 is 15.8 Å². The molecule has 2 aromatic rings. The lowest BCUT2D eigenvalue weighted by molar-refractivity contribution is 0.102. The van der Waals surface area contributed by atoms with E-state index in [1.54, 1.807) is 18.2 Å². The first-order valence-corrected chi connectivity index (χ1v) is 6.02. The maximum atomic E-state index is 13.1. The van der Waals surface area contributed by atoms with Crippen LogP contribution >= 0.6 is 0 Å². The van der Waals surface area contributed by atoms with E-state index in [9.17, 15) is 9.18 Å². The lowest BCUT2D eigenvalue weighted by Crippen LogP contribution is -2.13. The molecule has 0 heterocycles. The highest BCUT2D eigenvalue weighted by Crippen LogP contribution is 2.22. The highest BCUT2D eigenvalue weighted by atomic mass is 19.1. The molecule has 0 bridgehead atoms. The number of anilines is 2. The Labute approximate surface area is 116 Å². The molecule has 0 atom stereocenters. The highest BCUT2D eigenvalue weighted by Gasteiger charge is 2.11. The van der Waals surface area contributed by atoms with Crippen LogP contribution in [0.2, 0.25) is 0 Å². The number of benzene rings is 2. The normalized spacial score (nSPS) is 10.2. The molecule has 3 N–H and O–H groups in total. The average Bonchev–Trinajstić information content (AvgIpc) is 2.43. The van der Waals surface area contributed by atoms with Gasteiger partial charge in [-0.25, -0.2) is 4.39 Å². The SMILES string of the molecule is COc1cc(C(=O)Nc2cc(F)ccc2N)ccc1C. The maximum Gasteiger partial charge on any atom is 0.255 e. The van der Waals surface area contributed by atoms with E-state index in [0.717, 1.165) is 5.56 Å². The van der Waals surface area contributed by atoms with E-state index >= 15 is 0 Å². The van der Waals surface area contributed by atoms with Crippen LogP contribution in [0.1, 0.15) is 15.9 Å². The van der Waals surface area contributed by atoms with Gasteiger partial charge in [0.2, 0.25) is 0 Å². The lowest BCUT2D eigenvalue weighted by Gasteiger charge is -2.10. The number of halogens is 1. The highest BCUT2D eigenvalue weighted by molar-refractivity contribution is 6.06. The number of amides is 1. The molecule has 0 spiro atoms. The number of nitrogens with two attached hydrogens (primary N) is 1. The van der Waals surface area contributed by atoms with Gasteiger partial charge in [-0.2, -0.15) is 0 Å². The molecule has 104 valence electrons. The third kappa shape index (κ3) is 2.88. The molecule has 2 rings (SSSR count). The Morgan fingerprint density at radius 2 is 2.00 bits per heavy atom. The predicted octanol–water partition coefficient (Wildman–Crippen LogP) is 2.98. The zero-order chi connectivity index (χ0) is 14.7. The number of ether oxygens (including phenoxy) is 1. The first-order valence-electron chi connectivity index (χ1n) is 6.02. The van der Waals surface area contributed by atoms with Crippen LogP contribution in [0.3, 0.4) is 0 Å². The zero-order valence-corrected chi connectivity index (χ0v) is 11.2. The van der Waals surface area contributed by atoms with Gasteiger partial charge >= 0.3 is 0 Å². The second-order valence-corrected chi connectivity index (χ2v) is 4.37. The molecule has 0 aliphatic heterocycles. The number of nitrogen functional groups attached to an aromatic ring is 1. The number of hydrogen-bond acceptors (Lipinski definition) is 3. The maximum absolute atomic E-state index is 13.1. The molecule has 0 aromatic heterocycles. The lowest BCUT2D eigenvalue weighted by atomic mass is 10.1. The van der Waals surface area contributed by atoms with Crippen molar-refractivity contribution in [3.05, 3.63) is 53.3 Å². The summed E-state index contributed by atoms with van der Waals surface area (Å²) >= 11 is 0. The van der Waals surface area contributed by atoms with Gasteiger partial charge in [0, 0.05) is 5.56 Å². The van der Waals surface area contributed by atoms with Crippen molar-refractivity contribution in [2.45, 2.75) is 6.92 Å². The molecular formula is C15H15FN2O2. The van der Waals surface area contributed by atoms with Crippen molar-refractivity contribution in [2.75, 3.05) is 18.2 Å². The van der Waals surface area contributed by atoms with Crippen molar-refractivity contribution in [1.29, 1.82) is 0 Å². The fourth-order valence-electron chi connectivity index (χ4n) is 1.79. The van der Waals surface area contributed by atoms with E-state index in [2.05, 4.69) is 5.32 Å². The number of carbonyl (C=O) groups excluding carboxylic acids is 1. The van der Waals surface area contributed by atoms with Crippen LogP contribution in [0.25, 0.3) is 0 Å². The van der Waals surface area contributed by atoms with Gasteiger partial charge in [-0.3, -0.25) is 4.79 Å². The van der Waals surface area contributed by atoms with E-state index in [-0.39, 0.29) is 11.6 Å². The van der Waals surface area contributed by atoms with Crippen LogP contribution in [0.4, 0.5) is 15.8 Å². The van der Waals surface area contributed by atoms with Crippen molar-refractivity contribution in [3.8, 4) is 5.75 Å². The molecule has 0 aliphatic carbocycles. The minimum Gasteiger partial charge on any atom is -0.496 e. The topological polar surface area (TPSA) is 64.3 Å². The van der Waals surface area contributed by atoms with Gasteiger partial charge in [0.25, 0.3) is 5.91 Å². The summed E-state index contributed by atoms with van der Waals surface area (Å²) in [7, 11) is 1.54. The van der Waals surface area contributed by atoms with Crippen molar-refractivity contribution >= 4 is 17.3 Å². The number of nitrogens with one attached hydrogen (secondary N) is 1. The first-order chi connectivity index (χ1) is 9.51. The molecular weight excluding hydrogens is 259 g/mol. The van der Waals surface area contributed by atoms with Crippen molar-refractivity contribution in [3.63, 3.8) is 0 Å². The number of carbonyl (C=O) groups is 1. The van der Waals surface area contributed by atoms with Crippen LogP contribution in [-0.4, -0.2) is 13.0 Å². The van der Waals surface area contributed by atoms with E-state index in [0.29, 0.717) is 17.0 Å². The largest absolute Gasteiger partial charge is 0.496 e. The fourth-order valence-corrected chi connectivity index (χ4v) is 1.79. The summed E-state index contributed by atoms with van der Waals surface area (Å²) < 4.78 is 18.3. The molecule has 1 amide bonds. The van der Waals surface area contributed by atoms with Crippen LogP contribution in [0.15, 0.2) is 36.4 Å². The summed E-state index contributed by atoms with van der Waals surface area (Å²) in [5.74, 6) is -0.221. The Morgan fingerprint density at radius 3 is 2.70 bits per heavy atom. The number of aryl methyl sites for hydroxylation is 1. The molecule has 2 aromatic carbocycles. The molecule has 5 heteroatoms. The molecule has 0 fully saturated rings. The van der Waals surface area contributed by atoms with Crippen LogP contribution in [0.5, 0.6) is 5.75 Å². The number of rotatable bonds is 3. The summed E-state index contributed by atoms with van der Waals surface area (Å²) in [4.78, 5) is 12.1. The number of hydrogen-bond donors (Lipinski definition) is 2. The Kier molecular flexibility index (Phi) is 3.89. The third-order valence-electron chi connectivity index (χ3n) is 2.93. The summed E-state index contributed by atoms with van der Waals surface area (Å²) in [5.41, 5.74) is 7.58. The van der Waals surface area contributed by atoms with Gasteiger partial charge in [-0.05, 0) is 42.8 Å². The van der Waals surface area contributed by atoms with Gasteiger partial charge in [-0.15, -0.1) is 0 Å². The van der Waals surface area contributed by atoms with Crippen molar-refractivity contribution in [1.82, 2.24) is 0 Å². The molecule has 0 unspecified atom stereocenters. The third-order valence-corrected chi connectivity index (χ3v) is 2.93. The van der Waals surface area contributed by atoms with Crippen molar-refractivity contribution in [2.24, 2.45) is 0 Å². The average molecular weight is 274 g/mol. The standard InChI is InChI=1S/C15H15FN2O2/c1-9-3-4-10(7-14(9)20-2)15(19)18-13-8-11(16)5-6-12(13)17/h3-8H,17H2,1-2H3,(H,18,19). The van der Waals surface area contributed by atoms with Gasteiger partial charge < -0.3 is 15.8 Å². The summed E-state index contributed by atoms with van der Waals surface area (Å²) in [6.07, 6.45) is 0. The second kappa shape index (κ2) is 5.61.